The Hall–Kier alpha value is -3.26. The summed E-state index contributed by atoms with van der Waals surface area (Å²) in [6.45, 7) is 0. The van der Waals surface area contributed by atoms with Crippen LogP contribution >= 0.6 is 0 Å². The highest BCUT2D eigenvalue weighted by atomic mass is 16.3. The minimum absolute atomic E-state index is 0.945. The highest BCUT2D eigenvalue weighted by Crippen LogP contribution is 2.39. The first-order valence-electron chi connectivity index (χ1n) is 8.52. The summed E-state index contributed by atoms with van der Waals surface area (Å²) in [6, 6.07) is 25.8. The van der Waals surface area contributed by atoms with Crippen molar-refractivity contribution in [3.05, 3.63) is 72.8 Å². The average Bonchev–Trinajstić information content (AvgIpc) is 3.16. The number of hydrogen-bond donors (Lipinski definition) is 0. The highest BCUT2D eigenvalue weighted by Gasteiger charge is 2.16. The Labute approximate surface area is 143 Å². The van der Waals surface area contributed by atoms with Gasteiger partial charge in [0, 0.05) is 34.1 Å². The molecule has 0 saturated heterocycles. The number of aromatic nitrogens is 1. The molecular weight excluding hydrogens is 306 g/mol. The normalized spacial score (nSPS) is 12.2. The Morgan fingerprint density at radius 1 is 0.680 bits per heavy atom. The van der Waals surface area contributed by atoms with E-state index in [0.717, 1.165) is 11.2 Å². The lowest BCUT2D eigenvalue weighted by Crippen LogP contribution is -1.87. The average molecular weight is 321 g/mol. The van der Waals surface area contributed by atoms with Gasteiger partial charge in [0.2, 0.25) is 0 Å². The van der Waals surface area contributed by atoms with Crippen molar-refractivity contribution in [3.63, 3.8) is 0 Å². The molecule has 0 aliphatic rings. The summed E-state index contributed by atoms with van der Waals surface area (Å²) in [4.78, 5) is 0. The van der Waals surface area contributed by atoms with Gasteiger partial charge >= 0.3 is 0 Å². The van der Waals surface area contributed by atoms with E-state index in [1.54, 1.807) is 0 Å². The largest absolute Gasteiger partial charge is 0.454 e. The molecule has 6 aromatic rings. The number of rotatable bonds is 0. The molecule has 0 radical (unpaired) electrons. The zero-order valence-electron chi connectivity index (χ0n) is 13.8. The predicted octanol–water partition coefficient (Wildman–Crippen LogP) is 6.38. The molecule has 0 aliphatic heterocycles. The van der Waals surface area contributed by atoms with E-state index in [2.05, 4.69) is 72.3 Å². The molecular formula is C23H15NO. The Balaban J connectivity index is 1.89. The highest BCUT2D eigenvalue weighted by molar-refractivity contribution is 6.22. The molecule has 0 bridgehead atoms. The molecule has 0 aliphatic carbocycles. The van der Waals surface area contributed by atoms with Crippen molar-refractivity contribution in [2.75, 3.05) is 0 Å². The molecule has 0 fully saturated rings. The van der Waals surface area contributed by atoms with E-state index >= 15 is 0 Å². The standard InChI is InChI=1S/C23H15NO/c1-24-20-13-15-7-3-2-6-14(15)12-19(20)17-10-11-18-16-8-4-5-9-21(16)25-23(18)22(17)24/h2-13H,1H3. The van der Waals surface area contributed by atoms with Crippen LogP contribution in [0.1, 0.15) is 0 Å². The lowest BCUT2D eigenvalue weighted by molar-refractivity contribution is 0.670. The van der Waals surface area contributed by atoms with Gasteiger partial charge in [0.25, 0.3) is 0 Å². The molecule has 6 rings (SSSR count). The summed E-state index contributed by atoms with van der Waals surface area (Å²) >= 11 is 0. The first kappa shape index (κ1) is 13.1. The van der Waals surface area contributed by atoms with E-state index < -0.39 is 0 Å². The van der Waals surface area contributed by atoms with Crippen LogP contribution in [-0.2, 0) is 7.05 Å². The van der Waals surface area contributed by atoms with Crippen molar-refractivity contribution in [2.24, 2.45) is 7.05 Å². The quantitative estimate of drug-likeness (QED) is 0.317. The fourth-order valence-corrected chi connectivity index (χ4v) is 4.17. The van der Waals surface area contributed by atoms with Gasteiger partial charge in [-0.1, -0.05) is 48.5 Å². The van der Waals surface area contributed by atoms with Gasteiger partial charge in [-0.15, -0.1) is 0 Å². The molecule has 0 unspecified atom stereocenters. The summed E-state index contributed by atoms with van der Waals surface area (Å²) < 4.78 is 8.52. The number of para-hydroxylation sites is 1. The van der Waals surface area contributed by atoms with Gasteiger partial charge in [-0.2, -0.15) is 0 Å². The van der Waals surface area contributed by atoms with Gasteiger partial charge in [-0.05, 0) is 35.0 Å². The zero-order valence-corrected chi connectivity index (χ0v) is 13.8. The van der Waals surface area contributed by atoms with Crippen LogP contribution in [-0.4, -0.2) is 4.57 Å². The van der Waals surface area contributed by atoms with Gasteiger partial charge in [-0.25, -0.2) is 0 Å². The van der Waals surface area contributed by atoms with Crippen molar-refractivity contribution < 1.29 is 4.42 Å². The molecule has 25 heavy (non-hydrogen) atoms. The summed E-state index contributed by atoms with van der Waals surface area (Å²) in [5, 5.41) is 7.41. The van der Waals surface area contributed by atoms with E-state index in [-0.39, 0.29) is 0 Å². The molecule has 0 N–H and O–H groups in total. The molecule has 0 saturated carbocycles. The molecule has 2 aromatic heterocycles. The third-order valence-electron chi connectivity index (χ3n) is 5.37. The van der Waals surface area contributed by atoms with E-state index in [4.69, 9.17) is 4.42 Å². The maximum atomic E-state index is 6.25. The number of nitrogens with zero attached hydrogens (tertiary/aromatic N) is 1. The third-order valence-corrected chi connectivity index (χ3v) is 5.37. The fraction of sp³-hybridized carbons (Fsp3) is 0.0435. The van der Waals surface area contributed by atoms with Crippen molar-refractivity contribution >= 4 is 54.5 Å². The van der Waals surface area contributed by atoms with E-state index in [1.807, 2.05) is 12.1 Å². The number of furan rings is 1. The second-order valence-electron chi connectivity index (χ2n) is 6.71. The third kappa shape index (κ3) is 1.59. The summed E-state index contributed by atoms with van der Waals surface area (Å²) in [5.41, 5.74) is 4.32. The maximum absolute atomic E-state index is 6.25. The molecule has 2 heterocycles. The SMILES string of the molecule is Cn1c2cc3ccccc3cc2c2ccc3c4ccccc4oc3c21. The van der Waals surface area contributed by atoms with Crippen LogP contribution in [0.25, 0.3) is 54.5 Å². The van der Waals surface area contributed by atoms with Crippen LogP contribution in [0, 0.1) is 0 Å². The summed E-state index contributed by atoms with van der Waals surface area (Å²) in [7, 11) is 2.13. The Bertz CT molecular complexity index is 1440. The predicted molar refractivity (Wildman–Crippen MR) is 105 cm³/mol. The topological polar surface area (TPSA) is 18.1 Å². The molecule has 118 valence electrons. The van der Waals surface area contributed by atoms with Crippen LogP contribution in [0.15, 0.2) is 77.2 Å². The minimum Gasteiger partial charge on any atom is -0.454 e. The maximum Gasteiger partial charge on any atom is 0.159 e. The van der Waals surface area contributed by atoms with Crippen molar-refractivity contribution in [1.29, 1.82) is 0 Å². The van der Waals surface area contributed by atoms with Crippen LogP contribution in [0.4, 0.5) is 0 Å². The Morgan fingerprint density at radius 2 is 1.40 bits per heavy atom. The number of benzene rings is 4. The van der Waals surface area contributed by atoms with Crippen molar-refractivity contribution in [2.45, 2.75) is 0 Å². The molecule has 0 amide bonds. The van der Waals surface area contributed by atoms with E-state index in [9.17, 15) is 0 Å². The van der Waals surface area contributed by atoms with Gasteiger partial charge < -0.3 is 8.98 Å². The minimum atomic E-state index is 0.945. The molecule has 2 heteroatoms. The van der Waals surface area contributed by atoms with Crippen LogP contribution in [0.3, 0.4) is 0 Å². The first-order valence-corrected chi connectivity index (χ1v) is 8.52. The lowest BCUT2D eigenvalue weighted by atomic mass is 10.1. The second-order valence-corrected chi connectivity index (χ2v) is 6.71. The van der Waals surface area contributed by atoms with Crippen LogP contribution in [0.2, 0.25) is 0 Å². The monoisotopic (exact) mass is 321 g/mol. The van der Waals surface area contributed by atoms with Crippen LogP contribution < -0.4 is 0 Å². The molecule has 2 nitrogen and oxygen atoms in total. The van der Waals surface area contributed by atoms with Crippen LogP contribution in [0.5, 0.6) is 0 Å². The molecule has 4 aromatic carbocycles. The van der Waals surface area contributed by atoms with E-state index in [0.29, 0.717) is 0 Å². The van der Waals surface area contributed by atoms with Crippen molar-refractivity contribution in [1.82, 2.24) is 4.57 Å². The first-order chi connectivity index (χ1) is 12.3. The lowest BCUT2D eigenvalue weighted by Gasteiger charge is -2.01. The van der Waals surface area contributed by atoms with Crippen molar-refractivity contribution in [3.8, 4) is 0 Å². The Morgan fingerprint density at radius 3 is 2.28 bits per heavy atom. The van der Waals surface area contributed by atoms with Gasteiger partial charge in [0.1, 0.15) is 5.58 Å². The number of hydrogen-bond acceptors (Lipinski definition) is 1. The van der Waals surface area contributed by atoms with Gasteiger partial charge in [0.05, 0.1) is 5.52 Å². The van der Waals surface area contributed by atoms with E-state index in [1.165, 1.54) is 43.4 Å². The molecule has 0 atom stereocenters. The van der Waals surface area contributed by atoms with Gasteiger partial charge in [-0.3, -0.25) is 0 Å². The summed E-state index contributed by atoms with van der Waals surface area (Å²) in [5.74, 6) is 0. The number of fused-ring (bicyclic) bond motifs is 8. The summed E-state index contributed by atoms with van der Waals surface area (Å²) in [6.07, 6.45) is 0. The fourth-order valence-electron chi connectivity index (χ4n) is 4.17. The smallest absolute Gasteiger partial charge is 0.159 e. The molecule has 0 spiro atoms. The van der Waals surface area contributed by atoms with Gasteiger partial charge in [0.15, 0.2) is 5.58 Å². The second kappa shape index (κ2) is 4.42. The number of aryl methyl sites for hydroxylation is 1. The zero-order chi connectivity index (χ0) is 16.5. The Kier molecular flexibility index (Phi) is 2.31.